The molecule has 0 radical (unpaired) electrons. The SMILES string of the molecule is CC(C)(C)OC(=O)NCC(CO)(Cc1c(Cl)cccc1Cl)CC1CC1. The van der Waals surface area contributed by atoms with Crippen molar-refractivity contribution in [2.75, 3.05) is 13.2 Å². The second-order valence-electron chi connectivity index (χ2n) is 8.04. The molecule has 0 aromatic heterocycles. The van der Waals surface area contributed by atoms with Crippen molar-refractivity contribution < 1.29 is 14.6 Å². The molecule has 1 atom stereocenters. The molecule has 1 amide bonds. The van der Waals surface area contributed by atoms with Crippen LogP contribution in [0, 0.1) is 11.3 Å². The van der Waals surface area contributed by atoms with Crippen molar-refractivity contribution in [3.05, 3.63) is 33.8 Å². The summed E-state index contributed by atoms with van der Waals surface area (Å²) in [6, 6.07) is 5.39. The van der Waals surface area contributed by atoms with Gasteiger partial charge in [-0.05, 0) is 57.2 Å². The lowest BCUT2D eigenvalue weighted by Crippen LogP contribution is -2.44. The van der Waals surface area contributed by atoms with Crippen molar-refractivity contribution in [3.8, 4) is 0 Å². The van der Waals surface area contributed by atoms with Crippen LogP contribution in [0.3, 0.4) is 0 Å². The van der Waals surface area contributed by atoms with Crippen molar-refractivity contribution in [2.24, 2.45) is 11.3 Å². The molecule has 0 spiro atoms. The topological polar surface area (TPSA) is 58.6 Å². The van der Waals surface area contributed by atoms with Gasteiger partial charge in [0.1, 0.15) is 5.60 Å². The van der Waals surface area contributed by atoms with E-state index >= 15 is 0 Å². The van der Waals surface area contributed by atoms with Crippen LogP contribution in [0.4, 0.5) is 4.79 Å². The summed E-state index contributed by atoms with van der Waals surface area (Å²) in [6.45, 7) is 5.72. The number of alkyl carbamates (subject to hydrolysis) is 1. The van der Waals surface area contributed by atoms with Crippen LogP contribution in [0.1, 0.15) is 45.6 Å². The maximum Gasteiger partial charge on any atom is 0.407 e. The Kier molecular flexibility index (Phi) is 6.63. The van der Waals surface area contributed by atoms with Crippen LogP contribution in [0.5, 0.6) is 0 Å². The number of aliphatic hydroxyl groups excluding tert-OH is 1. The first-order chi connectivity index (χ1) is 11.6. The number of carbonyl (C=O) groups is 1. The number of ether oxygens (including phenoxy) is 1. The molecule has 0 aliphatic heterocycles. The first kappa shape index (κ1) is 20.3. The normalized spacial score (nSPS) is 17.0. The van der Waals surface area contributed by atoms with Gasteiger partial charge in [-0.15, -0.1) is 0 Å². The molecule has 140 valence electrons. The molecular weight excluding hydrogens is 361 g/mol. The number of carbonyl (C=O) groups excluding carboxylic acids is 1. The second-order valence-corrected chi connectivity index (χ2v) is 8.85. The summed E-state index contributed by atoms with van der Waals surface area (Å²) in [6.07, 6.45) is 3.16. The van der Waals surface area contributed by atoms with Gasteiger partial charge in [-0.25, -0.2) is 4.79 Å². The lowest BCUT2D eigenvalue weighted by atomic mass is 9.77. The fourth-order valence-corrected chi connectivity index (χ4v) is 3.50. The minimum Gasteiger partial charge on any atom is -0.444 e. The number of rotatable bonds is 7. The highest BCUT2D eigenvalue weighted by Gasteiger charge is 2.38. The minimum atomic E-state index is -0.561. The highest BCUT2D eigenvalue weighted by Crippen LogP contribution is 2.43. The summed E-state index contributed by atoms with van der Waals surface area (Å²) < 4.78 is 5.31. The van der Waals surface area contributed by atoms with Gasteiger partial charge in [0.2, 0.25) is 0 Å². The quantitative estimate of drug-likeness (QED) is 0.703. The fraction of sp³-hybridized carbons (Fsp3) is 0.632. The van der Waals surface area contributed by atoms with E-state index in [0.717, 1.165) is 24.8 Å². The predicted molar refractivity (Wildman–Crippen MR) is 101 cm³/mol. The highest BCUT2D eigenvalue weighted by atomic mass is 35.5. The number of aliphatic hydroxyl groups is 1. The van der Waals surface area contributed by atoms with E-state index in [4.69, 9.17) is 27.9 Å². The number of benzene rings is 1. The average molecular weight is 388 g/mol. The van der Waals surface area contributed by atoms with E-state index in [9.17, 15) is 9.90 Å². The molecule has 2 N–H and O–H groups in total. The molecule has 1 saturated carbocycles. The standard InChI is InChI=1S/C19H27Cl2NO3/c1-18(2,3)25-17(24)22-11-19(12-23,9-13-7-8-13)10-14-15(20)5-4-6-16(14)21/h4-6,13,23H,7-12H2,1-3H3,(H,22,24). The van der Waals surface area contributed by atoms with Crippen LogP contribution in [0.25, 0.3) is 0 Å². The van der Waals surface area contributed by atoms with Crippen molar-refractivity contribution in [1.82, 2.24) is 5.32 Å². The lowest BCUT2D eigenvalue weighted by molar-refractivity contribution is 0.0449. The number of nitrogens with one attached hydrogen (secondary N) is 1. The molecule has 6 heteroatoms. The van der Waals surface area contributed by atoms with Crippen LogP contribution in [-0.2, 0) is 11.2 Å². The Morgan fingerprint density at radius 2 is 1.88 bits per heavy atom. The molecular formula is C19H27Cl2NO3. The van der Waals surface area contributed by atoms with Crippen LogP contribution < -0.4 is 5.32 Å². The molecule has 1 aromatic carbocycles. The first-order valence-corrected chi connectivity index (χ1v) is 9.40. The van der Waals surface area contributed by atoms with Gasteiger partial charge in [0.05, 0.1) is 6.61 Å². The van der Waals surface area contributed by atoms with Gasteiger partial charge in [0.25, 0.3) is 0 Å². The number of halogens is 2. The van der Waals surface area contributed by atoms with Crippen LogP contribution in [-0.4, -0.2) is 30.0 Å². The van der Waals surface area contributed by atoms with Gasteiger partial charge in [0.15, 0.2) is 0 Å². The van der Waals surface area contributed by atoms with Gasteiger partial charge in [-0.3, -0.25) is 0 Å². The van der Waals surface area contributed by atoms with Gasteiger partial charge >= 0.3 is 6.09 Å². The van der Waals surface area contributed by atoms with Gasteiger partial charge in [-0.2, -0.15) is 0 Å². The smallest absolute Gasteiger partial charge is 0.407 e. The molecule has 1 aromatic rings. The molecule has 25 heavy (non-hydrogen) atoms. The third-order valence-electron chi connectivity index (χ3n) is 4.37. The van der Waals surface area contributed by atoms with E-state index in [1.807, 2.05) is 20.8 Å². The monoisotopic (exact) mass is 387 g/mol. The van der Waals surface area contributed by atoms with Crippen molar-refractivity contribution >= 4 is 29.3 Å². The van der Waals surface area contributed by atoms with Gasteiger partial charge in [0, 0.05) is 22.0 Å². The summed E-state index contributed by atoms with van der Waals surface area (Å²) in [5.74, 6) is 0.578. The average Bonchev–Trinajstić information content (AvgIpc) is 3.31. The Hall–Kier alpha value is -0.970. The summed E-state index contributed by atoms with van der Waals surface area (Å²) in [5, 5.41) is 14.1. The van der Waals surface area contributed by atoms with E-state index in [0.29, 0.717) is 28.9 Å². The Bertz CT molecular complexity index is 591. The molecule has 1 aliphatic carbocycles. The van der Waals surface area contributed by atoms with Crippen molar-refractivity contribution in [3.63, 3.8) is 0 Å². The maximum atomic E-state index is 12.0. The minimum absolute atomic E-state index is 0.0547. The van der Waals surface area contributed by atoms with Crippen LogP contribution >= 0.6 is 23.2 Å². The molecule has 0 heterocycles. The maximum absolute atomic E-state index is 12.0. The summed E-state index contributed by atoms with van der Waals surface area (Å²) in [7, 11) is 0. The van der Waals surface area contributed by atoms with Gasteiger partial charge < -0.3 is 15.2 Å². The molecule has 0 bridgehead atoms. The molecule has 2 rings (SSSR count). The largest absolute Gasteiger partial charge is 0.444 e. The lowest BCUT2D eigenvalue weighted by Gasteiger charge is -2.33. The van der Waals surface area contributed by atoms with E-state index in [2.05, 4.69) is 5.32 Å². The third kappa shape index (κ3) is 6.36. The Balaban J connectivity index is 2.14. The molecule has 4 nitrogen and oxygen atoms in total. The van der Waals surface area contributed by atoms with Gasteiger partial charge in [-0.1, -0.05) is 42.1 Å². The number of amides is 1. The van der Waals surface area contributed by atoms with E-state index in [-0.39, 0.29) is 6.61 Å². The summed E-state index contributed by atoms with van der Waals surface area (Å²) in [5.41, 5.74) is -0.257. The second kappa shape index (κ2) is 8.15. The van der Waals surface area contributed by atoms with Crippen molar-refractivity contribution in [1.29, 1.82) is 0 Å². The van der Waals surface area contributed by atoms with Crippen molar-refractivity contribution in [2.45, 2.75) is 52.1 Å². The Morgan fingerprint density at radius 1 is 1.28 bits per heavy atom. The molecule has 1 unspecified atom stereocenters. The van der Waals surface area contributed by atoms with E-state index in [1.54, 1.807) is 18.2 Å². The molecule has 1 fully saturated rings. The number of hydrogen-bond donors (Lipinski definition) is 2. The fourth-order valence-electron chi connectivity index (χ4n) is 2.97. The summed E-state index contributed by atoms with van der Waals surface area (Å²) >= 11 is 12.6. The van der Waals surface area contributed by atoms with Crippen LogP contribution in [0.2, 0.25) is 10.0 Å². The van der Waals surface area contributed by atoms with Crippen LogP contribution in [0.15, 0.2) is 18.2 Å². The Labute approximate surface area is 159 Å². The zero-order valence-electron chi connectivity index (χ0n) is 15.1. The van der Waals surface area contributed by atoms with E-state index in [1.165, 1.54) is 0 Å². The first-order valence-electron chi connectivity index (χ1n) is 8.65. The predicted octanol–water partition coefficient (Wildman–Crippen LogP) is 4.84. The zero-order chi connectivity index (χ0) is 18.7. The summed E-state index contributed by atoms with van der Waals surface area (Å²) in [4.78, 5) is 12.0. The number of hydrogen-bond acceptors (Lipinski definition) is 3. The third-order valence-corrected chi connectivity index (χ3v) is 5.08. The molecule has 0 saturated heterocycles. The zero-order valence-corrected chi connectivity index (χ0v) is 16.6. The van der Waals surface area contributed by atoms with E-state index < -0.39 is 17.1 Å². The highest BCUT2D eigenvalue weighted by molar-refractivity contribution is 6.36. The molecule has 1 aliphatic rings. The Morgan fingerprint density at radius 3 is 2.36 bits per heavy atom.